The Hall–Kier alpha value is -2.35. The number of thiazole rings is 1. The van der Waals surface area contributed by atoms with Crippen molar-refractivity contribution < 1.29 is 4.39 Å². The summed E-state index contributed by atoms with van der Waals surface area (Å²) in [5, 5.41) is 10.0. The first kappa shape index (κ1) is 14.6. The minimum absolute atomic E-state index is 0.208. The van der Waals surface area contributed by atoms with Gasteiger partial charge in [-0.05, 0) is 12.5 Å². The quantitative estimate of drug-likeness (QED) is 0.783. The molecule has 0 atom stereocenters. The summed E-state index contributed by atoms with van der Waals surface area (Å²) in [6, 6.07) is 1.91. The van der Waals surface area contributed by atoms with Gasteiger partial charge in [0.1, 0.15) is 17.0 Å². The standard InChI is InChI=1S/C14H15FN6S/c1-3-10-12(15)13(18-8-17-10)16-6-9-7-22-14(19-9)11-4-5-21(2)20-11/h4-5,7-8H,3,6H2,1-2H3,(H,16,17,18). The molecule has 0 saturated heterocycles. The lowest BCUT2D eigenvalue weighted by Gasteiger charge is -2.06. The fraction of sp³-hybridized carbons (Fsp3) is 0.286. The van der Waals surface area contributed by atoms with E-state index in [-0.39, 0.29) is 5.82 Å². The van der Waals surface area contributed by atoms with E-state index < -0.39 is 5.82 Å². The second-order valence-electron chi connectivity index (χ2n) is 4.71. The summed E-state index contributed by atoms with van der Waals surface area (Å²) in [5.41, 5.74) is 2.06. The van der Waals surface area contributed by atoms with Gasteiger partial charge in [-0.2, -0.15) is 5.10 Å². The second-order valence-corrected chi connectivity index (χ2v) is 5.57. The molecule has 0 aliphatic rings. The molecular formula is C14H15FN6S. The molecule has 3 heterocycles. The van der Waals surface area contributed by atoms with E-state index in [0.29, 0.717) is 18.7 Å². The van der Waals surface area contributed by atoms with Gasteiger partial charge in [-0.15, -0.1) is 11.3 Å². The molecule has 0 spiro atoms. The molecule has 0 saturated carbocycles. The molecule has 114 valence electrons. The molecule has 0 bridgehead atoms. The van der Waals surface area contributed by atoms with Crippen molar-refractivity contribution >= 4 is 17.2 Å². The van der Waals surface area contributed by atoms with Gasteiger partial charge in [0, 0.05) is 18.6 Å². The van der Waals surface area contributed by atoms with Gasteiger partial charge in [0.25, 0.3) is 0 Å². The van der Waals surface area contributed by atoms with Crippen molar-refractivity contribution in [3.05, 3.63) is 41.2 Å². The second kappa shape index (κ2) is 6.18. The number of nitrogens with one attached hydrogen (secondary N) is 1. The van der Waals surface area contributed by atoms with Crippen molar-refractivity contribution in [2.24, 2.45) is 7.05 Å². The molecule has 6 nitrogen and oxygen atoms in total. The number of hydrogen-bond acceptors (Lipinski definition) is 6. The lowest BCUT2D eigenvalue weighted by atomic mass is 10.3. The number of anilines is 1. The number of halogens is 1. The maximum absolute atomic E-state index is 14.0. The van der Waals surface area contributed by atoms with Crippen LogP contribution in [0.1, 0.15) is 18.3 Å². The fourth-order valence-electron chi connectivity index (χ4n) is 1.99. The summed E-state index contributed by atoms with van der Waals surface area (Å²) >= 11 is 1.51. The third kappa shape index (κ3) is 2.96. The number of rotatable bonds is 5. The average Bonchev–Trinajstić information content (AvgIpc) is 3.15. The highest BCUT2D eigenvalue weighted by Crippen LogP contribution is 2.22. The molecule has 3 aromatic heterocycles. The zero-order chi connectivity index (χ0) is 15.5. The molecule has 1 N–H and O–H groups in total. The van der Waals surface area contributed by atoms with Gasteiger partial charge in [0.05, 0.1) is 17.9 Å². The zero-order valence-electron chi connectivity index (χ0n) is 12.2. The maximum atomic E-state index is 14.0. The van der Waals surface area contributed by atoms with Crippen molar-refractivity contribution in [1.29, 1.82) is 0 Å². The first-order chi connectivity index (χ1) is 10.7. The van der Waals surface area contributed by atoms with Gasteiger partial charge in [-0.25, -0.2) is 19.3 Å². The SMILES string of the molecule is CCc1ncnc(NCc2csc(-c3ccn(C)n3)n2)c1F. The smallest absolute Gasteiger partial charge is 0.186 e. The Labute approximate surface area is 131 Å². The lowest BCUT2D eigenvalue weighted by Crippen LogP contribution is -2.07. The van der Waals surface area contributed by atoms with Crippen LogP contribution in [0, 0.1) is 5.82 Å². The Morgan fingerprint density at radius 3 is 2.95 bits per heavy atom. The van der Waals surface area contributed by atoms with E-state index in [0.717, 1.165) is 16.4 Å². The summed E-state index contributed by atoms with van der Waals surface area (Å²) in [6.07, 6.45) is 3.77. The molecule has 0 radical (unpaired) electrons. The fourth-order valence-corrected chi connectivity index (χ4v) is 2.77. The molecule has 0 aliphatic heterocycles. The number of hydrogen-bond donors (Lipinski definition) is 1. The molecule has 0 unspecified atom stereocenters. The number of aromatic nitrogens is 5. The molecule has 8 heteroatoms. The Balaban J connectivity index is 1.71. The van der Waals surface area contributed by atoms with Crippen LogP contribution in [0.4, 0.5) is 10.2 Å². The minimum Gasteiger partial charge on any atom is -0.362 e. The van der Waals surface area contributed by atoms with Crippen LogP contribution < -0.4 is 5.32 Å². The van der Waals surface area contributed by atoms with Crippen LogP contribution in [0.5, 0.6) is 0 Å². The molecule has 0 aromatic carbocycles. The van der Waals surface area contributed by atoms with E-state index in [1.54, 1.807) is 4.68 Å². The van der Waals surface area contributed by atoms with E-state index in [1.807, 2.05) is 31.6 Å². The largest absolute Gasteiger partial charge is 0.362 e. The lowest BCUT2D eigenvalue weighted by molar-refractivity contribution is 0.596. The van der Waals surface area contributed by atoms with Crippen molar-refractivity contribution in [1.82, 2.24) is 24.7 Å². The highest BCUT2D eigenvalue weighted by atomic mass is 32.1. The Kier molecular flexibility index (Phi) is 4.10. The Morgan fingerprint density at radius 1 is 1.36 bits per heavy atom. The highest BCUT2D eigenvalue weighted by molar-refractivity contribution is 7.13. The first-order valence-electron chi connectivity index (χ1n) is 6.85. The van der Waals surface area contributed by atoms with E-state index >= 15 is 0 Å². The van der Waals surface area contributed by atoms with Crippen LogP contribution in [0.3, 0.4) is 0 Å². The van der Waals surface area contributed by atoms with E-state index in [1.165, 1.54) is 17.7 Å². The van der Waals surface area contributed by atoms with Gasteiger partial charge in [-0.3, -0.25) is 4.68 Å². The van der Waals surface area contributed by atoms with E-state index in [2.05, 4.69) is 25.4 Å². The first-order valence-corrected chi connectivity index (χ1v) is 7.73. The van der Waals surface area contributed by atoms with Crippen LogP contribution in [0.2, 0.25) is 0 Å². The van der Waals surface area contributed by atoms with Gasteiger partial charge in [0.2, 0.25) is 0 Å². The van der Waals surface area contributed by atoms with Crippen molar-refractivity contribution in [2.45, 2.75) is 19.9 Å². The molecule has 3 aromatic rings. The van der Waals surface area contributed by atoms with Crippen LogP contribution >= 0.6 is 11.3 Å². The summed E-state index contributed by atoms with van der Waals surface area (Å²) in [5.74, 6) is -0.190. The van der Waals surface area contributed by atoms with E-state index in [4.69, 9.17) is 0 Å². The van der Waals surface area contributed by atoms with Crippen LogP contribution in [0.15, 0.2) is 24.0 Å². The van der Waals surface area contributed by atoms with Crippen molar-refractivity contribution in [3.63, 3.8) is 0 Å². The highest BCUT2D eigenvalue weighted by Gasteiger charge is 2.11. The molecular weight excluding hydrogens is 303 g/mol. The summed E-state index contributed by atoms with van der Waals surface area (Å²) < 4.78 is 15.8. The third-order valence-electron chi connectivity index (χ3n) is 3.12. The van der Waals surface area contributed by atoms with Gasteiger partial charge in [0.15, 0.2) is 11.6 Å². The molecule has 0 fully saturated rings. The average molecular weight is 318 g/mol. The normalized spacial score (nSPS) is 10.9. The summed E-state index contributed by atoms with van der Waals surface area (Å²) in [7, 11) is 1.86. The molecule has 3 rings (SSSR count). The molecule has 0 aliphatic carbocycles. The minimum atomic E-state index is -0.398. The maximum Gasteiger partial charge on any atom is 0.186 e. The molecule has 22 heavy (non-hydrogen) atoms. The molecule has 0 amide bonds. The topological polar surface area (TPSA) is 68.5 Å². The van der Waals surface area contributed by atoms with Gasteiger partial charge in [-0.1, -0.05) is 6.92 Å². The number of aryl methyl sites for hydroxylation is 2. The van der Waals surface area contributed by atoms with Crippen LogP contribution in [-0.2, 0) is 20.0 Å². The van der Waals surface area contributed by atoms with Crippen molar-refractivity contribution in [2.75, 3.05) is 5.32 Å². The predicted molar refractivity (Wildman–Crippen MR) is 83.0 cm³/mol. The van der Waals surface area contributed by atoms with E-state index in [9.17, 15) is 4.39 Å². The summed E-state index contributed by atoms with van der Waals surface area (Å²) in [6.45, 7) is 2.26. The summed E-state index contributed by atoms with van der Waals surface area (Å²) in [4.78, 5) is 12.3. The Bertz CT molecular complexity index is 781. The van der Waals surface area contributed by atoms with Crippen LogP contribution in [-0.4, -0.2) is 24.7 Å². The van der Waals surface area contributed by atoms with Crippen molar-refractivity contribution in [3.8, 4) is 10.7 Å². The Morgan fingerprint density at radius 2 is 2.23 bits per heavy atom. The monoisotopic (exact) mass is 318 g/mol. The zero-order valence-corrected chi connectivity index (χ0v) is 13.1. The predicted octanol–water partition coefficient (Wildman–Crippen LogP) is 2.65. The third-order valence-corrected chi connectivity index (χ3v) is 4.03. The van der Waals surface area contributed by atoms with Gasteiger partial charge >= 0.3 is 0 Å². The van der Waals surface area contributed by atoms with Gasteiger partial charge < -0.3 is 5.32 Å². The number of nitrogens with zero attached hydrogens (tertiary/aromatic N) is 5. The van der Waals surface area contributed by atoms with Crippen LogP contribution in [0.25, 0.3) is 10.7 Å².